The smallest absolute Gasteiger partial charge is 0.0169 e. The third-order valence-electron chi connectivity index (χ3n) is 2.11. The minimum absolute atomic E-state index is 0.644. The first-order valence-corrected chi connectivity index (χ1v) is 4.50. The van der Waals surface area contributed by atoms with E-state index in [9.17, 15) is 0 Å². The zero-order chi connectivity index (χ0) is 8.27. The molecule has 2 atom stereocenters. The molecule has 1 unspecified atom stereocenters. The molecule has 1 saturated heterocycles. The molecule has 0 bridgehead atoms. The molecule has 2 heteroatoms. The van der Waals surface area contributed by atoms with E-state index in [0.29, 0.717) is 12.1 Å². The Morgan fingerprint density at radius 2 is 1.91 bits per heavy atom. The molecule has 0 aromatic carbocycles. The van der Waals surface area contributed by atoms with Crippen LogP contribution in [0, 0.1) is 6.92 Å². The Labute approximate surface area is 70.0 Å². The number of nitrogens with zero attached hydrogens (tertiary/aromatic N) is 1. The van der Waals surface area contributed by atoms with E-state index >= 15 is 0 Å². The van der Waals surface area contributed by atoms with Gasteiger partial charge in [0.25, 0.3) is 0 Å². The van der Waals surface area contributed by atoms with Crippen molar-refractivity contribution < 1.29 is 0 Å². The first-order valence-electron chi connectivity index (χ1n) is 4.50. The average molecular weight is 155 g/mol. The molecular weight excluding hydrogens is 136 g/mol. The number of nitrogens with one attached hydrogen (secondary N) is 1. The average Bonchev–Trinajstić information content (AvgIpc) is 1.85. The first-order chi connectivity index (χ1) is 5.22. The van der Waals surface area contributed by atoms with E-state index in [1.165, 1.54) is 13.1 Å². The highest BCUT2D eigenvalue weighted by atomic mass is 15.2. The second kappa shape index (κ2) is 4.07. The van der Waals surface area contributed by atoms with Gasteiger partial charge in [-0.15, -0.1) is 0 Å². The van der Waals surface area contributed by atoms with E-state index < -0.39 is 0 Å². The second-order valence-corrected chi connectivity index (χ2v) is 3.58. The summed E-state index contributed by atoms with van der Waals surface area (Å²) in [6.45, 7) is 11.9. The van der Waals surface area contributed by atoms with E-state index in [1.54, 1.807) is 0 Å². The quantitative estimate of drug-likeness (QED) is 0.637. The zero-order valence-electron chi connectivity index (χ0n) is 7.64. The molecule has 1 fully saturated rings. The molecule has 0 aromatic rings. The molecule has 0 spiro atoms. The Hall–Kier alpha value is -0.0800. The van der Waals surface area contributed by atoms with Crippen LogP contribution in [0.3, 0.4) is 0 Å². The van der Waals surface area contributed by atoms with E-state index in [1.807, 2.05) is 0 Å². The van der Waals surface area contributed by atoms with Crippen molar-refractivity contribution >= 4 is 0 Å². The van der Waals surface area contributed by atoms with Gasteiger partial charge in [-0.2, -0.15) is 0 Å². The topological polar surface area (TPSA) is 15.3 Å². The van der Waals surface area contributed by atoms with Crippen LogP contribution in [-0.4, -0.2) is 36.6 Å². The lowest BCUT2D eigenvalue weighted by Gasteiger charge is -2.35. The van der Waals surface area contributed by atoms with Crippen molar-refractivity contribution in [1.29, 1.82) is 0 Å². The van der Waals surface area contributed by atoms with Gasteiger partial charge in [-0.3, -0.25) is 0 Å². The molecule has 1 aliphatic heterocycles. The molecule has 1 rings (SSSR count). The van der Waals surface area contributed by atoms with Crippen molar-refractivity contribution in [2.75, 3.05) is 19.6 Å². The standard InChI is InChI=1S/C9H19N2/c1-4-5-11-6-8(2)10-9(3)7-11/h8-10H,1,4-7H2,2-3H3/t8-,9?/m0/s1. The van der Waals surface area contributed by atoms with Crippen LogP contribution in [0.4, 0.5) is 0 Å². The van der Waals surface area contributed by atoms with Crippen molar-refractivity contribution in [3.63, 3.8) is 0 Å². The predicted octanol–water partition coefficient (Wildman–Crippen LogP) is 0.893. The maximum absolute atomic E-state index is 3.87. The Bertz CT molecular complexity index is 104. The highest BCUT2D eigenvalue weighted by Gasteiger charge is 2.19. The number of hydrogen-bond acceptors (Lipinski definition) is 2. The summed E-state index contributed by atoms with van der Waals surface area (Å²) in [5.41, 5.74) is 0. The summed E-state index contributed by atoms with van der Waals surface area (Å²) < 4.78 is 0. The van der Waals surface area contributed by atoms with Crippen LogP contribution >= 0.6 is 0 Å². The molecule has 0 amide bonds. The minimum Gasteiger partial charge on any atom is -0.309 e. The van der Waals surface area contributed by atoms with Crippen LogP contribution in [0.2, 0.25) is 0 Å². The highest BCUT2D eigenvalue weighted by molar-refractivity contribution is 4.80. The van der Waals surface area contributed by atoms with E-state index in [-0.39, 0.29) is 0 Å². The maximum Gasteiger partial charge on any atom is 0.0169 e. The summed E-state index contributed by atoms with van der Waals surface area (Å²) in [5, 5.41) is 3.51. The zero-order valence-corrected chi connectivity index (χ0v) is 7.64. The Morgan fingerprint density at radius 1 is 1.36 bits per heavy atom. The Morgan fingerprint density at radius 3 is 2.36 bits per heavy atom. The summed E-state index contributed by atoms with van der Waals surface area (Å²) in [6.07, 6.45) is 1.03. The first kappa shape index (κ1) is 9.01. The fourth-order valence-corrected chi connectivity index (χ4v) is 1.85. The fraction of sp³-hybridized carbons (Fsp3) is 0.889. The van der Waals surface area contributed by atoms with E-state index in [2.05, 4.69) is 31.0 Å². The summed E-state index contributed by atoms with van der Waals surface area (Å²) in [5.74, 6) is 0. The summed E-state index contributed by atoms with van der Waals surface area (Å²) in [6, 6.07) is 1.29. The lowest BCUT2D eigenvalue weighted by molar-refractivity contribution is 0.176. The molecule has 1 radical (unpaired) electrons. The van der Waals surface area contributed by atoms with Gasteiger partial charge in [0.2, 0.25) is 0 Å². The van der Waals surface area contributed by atoms with Gasteiger partial charge in [0, 0.05) is 25.2 Å². The van der Waals surface area contributed by atoms with Crippen molar-refractivity contribution in [2.24, 2.45) is 0 Å². The number of hydrogen-bond donors (Lipinski definition) is 1. The molecule has 0 aliphatic carbocycles. The molecular formula is C9H19N2. The van der Waals surface area contributed by atoms with Crippen molar-refractivity contribution in [3.8, 4) is 0 Å². The molecule has 11 heavy (non-hydrogen) atoms. The summed E-state index contributed by atoms with van der Waals surface area (Å²) in [4.78, 5) is 2.48. The van der Waals surface area contributed by atoms with Gasteiger partial charge in [-0.25, -0.2) is 0 Å². The van der Waals surface area contributed by atoms with Crippen LogP contribution < -0.4 is 5.32 Å². The van der Waals surface area contributed by atoms with Gasteiger partial charge in [-0.1, -0.05) is 6.92 Å². The summed E-state index contributed by atoms with van der Waals surface area (Å²) in [7, 11) is 0. The minimum atomic E-state index is 0.644. The van der Waals surface area contributed by atoms with Crippen LogP contribution in [0.5, 0.6) is 0 Å². The molecule has 0 aromatic heterocycles. The molecule has 0 saturated carbocycles. The van der Waals surface area contributed by atoms with Gasteiger partial charge in [0.05, 0.1) is 0 Å². The van der Waals surface area contributed by atoms with E-state index in [4.69, 9.17) is 0 Å². The predicted molar refractivity (Wildman–Crippen MR) is 48.5 cm³/mol. The van der Waals surface area contributed by atoms with Crippen LogP contribution in [-0.2, 0) is 0 Å². The largest absolute Gasteiger partial charge is 0.309 e. The Balaban J connectivity index is 2.30. The Kier molecular flexibility index (Phi) is 3.34. The summed E-state index contributed by atoms with van der Waals surface area (Å²) >= 11 is 0. The van der Waals surface area contributed by atoms with Gasteiger partial charge >= 0.3 is 0 Å². The third kappa shape index (κ3) is 2.80. The number of piperazine rings is 1. The molecule has 1 aliphatic rings. The molecule has 1 N–H and O–H groups in total. The van der Waals surface area contributed by atoms with Gasteiger partial charge < -0.3 is 10.2 Å². The third-order valence-corrected chi connectivity index (χ3v) is 2.11. The van der Waals surface area contributed by atoms with Crippen molar-refractivity contribution in [1.82, 2.24) is 10.2 Å². The van der Waals surface area contributed by atoms with E-state index in [0.717, 1.165) is 13.0 Å². The van der Waals surface area contributed by atoms with Gasteiger partial charge in [0.1, 0.15) is 0 Å². The van der Waals surface area contributed by atoms with Crippen LogP contribution in [0.1, 0.15) is 20.3 Å². The lowest BCUT2D eigenvalue weighted by Crippen LogP contribution is -2.54. The van der Waals surface area contributed by atoms with Crippen molar-refractivity contribution in [3.05, 3.63) is 6.92 Å². The van der Waals surface area contributed by atoms with Crippen LogP contribution in [0.15, 0.2) is 0 Å². The normalized spacial score (nSPS) is 34.1. The molecule has 65 valence electrons. The number of rotatable bonds is 2. The lowest BCUT2D eigenvalue weighted by atomic mass is 10.1. The SMILES string of the molecule is [CH2]CCN1CC(C)N[C@@H](C)C1. The molecule has 1 heterocycles. The molecule has 2 nitrogen and oxygen atoms in total. The van der Waals surface area contributed by atoms with Gasteiger partial charge in [-0.05, 0) is 26.8 Å². The van der Waals surface area contributed by atoms with Gasteiger partial charge in [0.15, 0.2) is 0 Å². The maximum atomic E-state index is 3.87. The van der Waals surface area contributed by atoms with Crippen LogP contribution in [0.25, 0.3) is 0 Å². The highest BCUT2D eigenvalue weighted by Crippen LogP contribution is 2.03. The fourth-order valence-electron chi connectivity index (χ4n) is 1.85. The second-order valence-electron chi connectivity index (χ2n) is 3.58. The monoisotopic (exact) mass is 155 g/mol. The van der Waals surface area contributed by atoms with Crippen molar-refractivity contribution in [2.45, 2.75) is 32.4 Å².